The van der Waals surface area contributed by atoms with Gasteiger partial charge in [-0.1, -0.05) is 24.3 Å². The summed E-state index contributed by atoms with van der Waals surface area (Å²) in [6, 6.07) is 19.0. The Hall–Kier alpha value is -1.98. The second-order valence-corrected chi connectivity index (χ2v) is 6.11. The average Bonchev–Trinajstić information content (AvgIpc) is 3.04. The average molecular weight is 291 g/mol. The molecule has 0 saturated carbocycles. The minimum atomic E-state index is 0.725. The molecule has 0 saturated heterocycles. The largest absolute Gasteiger partial charge is 0.192 e. The molecule has 0 bridgehead atoms. The van der Waals surface area contributed by atoms with Crippen LogP contribution in [0.25, 0.3) is 11.1 Å². The lowest BCUT2D eigenvalue weighted by Crippen LogP contribution is -1.87. The number of hydrogen-bond donors (Lipinski definition) is 0. The summed E-state index contributed by atoms with van der Waals surface area (Å²) < 4.78 is 0. The van der Waals surface area contributed by atoms with Crippen LogP contribution in [-0.2, 0) is 0 Å². The maximum atomic E-state index is 8.91. The van der Waals surface area contributed by atoms with Crippen molar-refractivity contribution in [3.63, 3.8) is 0 Å². The van der Waals surface area contributed by atoms with Crippen molar-refractivity contribution < 1.29 is 0 Å². The Kier molecular flexibility index (Phi) is 4.13. The maximum Gasteiger partial charge on any atom is 0.0991 e. The van der Waals surface area contributed by atoms with Gasteiger partial charge in [-0.05, 0) is 72.1 Å². The highest BCUT2D eigenvalue weighted by molar-refractivity contribution is 7.98. The first-order valence-electron chi connectivity index (χ1n) is 7.19. The van der Waals surface area contributed by atoms with E-state index < -0.39 is 0 Å². The van der Waals surface area contributed by atoms with Gasteiger partial charge in [0.2, 0.25) is 0 Å². The Morgan fingerprint density at radius 2 is 1.38 bits per heavy atom. The minimum absolute atomic E-state index is 0.725. The fraction of sp³-hybridized carbons (Fsp3) is 0.211. The second-order valence-electron chi connectivity index (χ2n) is 5.23. The zero-order valence-electron chi connectivity index (χ0n) is 12.1. The summed E-state index contributed by atoms with van der Waals surface area (Å²) in [5, 5.41) is 8.91. The summed E-state index contributed by atoms with van der Waals surface area (Å²) in [5.41, 5.74) is 6.23. The van der Waals surface area contributed by atoms with E-state index in [0.29, 0.717) is 0 Å². The van der Waals surface area contributed by atoms with E-state index in [1.54, 1.807) is 11.8 Å². The molecule has 0 radical (unpaired) electrons. The van der Waals surface area contributed by atoms with Crippen LogP contribution in [0.3, 0.4) is 0 Å². The van der Waals surface area contributed by atoms with Crippen molar-refractivity contribution in [2.45, 2.75) is 24.2 Å². The summed E-state index contributed by atoms with van der Waals surface area (Å²) >= 11 is 1.77. The fourth-order valence-electron chi connectivity index (χ4n) is 2.92. The van der Waals surface area contributed by atoms with Gasteiger partial charge in [0, 0.05) is 4.90 Å². The molecule has 0 unspecified atom stereocenters. The molecule has 0 aromatic heterocycles. The molecule has 21 heavy (non-hydrogen) atoms. The first-order valence-corrected chi connectivity index (χ1v) is 8.41. The van der Waals surface area contributed by atoms with E-state index in [4.69, 9.17) is 5.26 Å². The van der Waals surface area contributed by atoms with Crippen LogP contribution in [0.1, 0.15) is 36.0 Å². The van der Waals surface area contributed by atoms with Gasteiger partial charge in [0.25, 0.3) is 0 Å². The van der Waals surface area contributed by atoms with Crippen LogP contribution in [0.15, 0.2) is 53.4 Å². The fourth-order valence-corrected chi connectivity index (χ4v) is 3.33. The second kappa shape index (κ2) is 6.20. The van der Waals surface area contributed by atoms with E-state index in [9.17, 15) is 0 Å². The third kappa shape index (κ3) is 2.89. The summed E-state index contributed by atoms with van der Waals surface area (Å²) in [6.45, 7) is 0. The Labute approximate surface area is 130 Å². The van der Waals surface area contributed by atoms with Crippen LogP contribution >= 0.6 is 11.8 Å². The third-order valence-corrected chi connectivity index (χ3v) is 4.76. The Morgan fingerprint density at radius 3 is 1.86 bits per heavy atom. The molecule has 3 rings (SSSR count). The van der Waals surface area contributed by atoms with Gasteiger partial charge in [0.05, 0.1) is 11.6 Å². The van der Waals surface area contributed by atoms with Crippen molar-refractivity contribution >= 4 is 22.9 Å². The number of rotatable bonds is 3. The van der Waals surface area contributed by atoms with Crippen LogP contribution < -0.4 is 0 Å². The smallest absolute Gasteiger partial charge is 0.0991 e. The SMILES string of the molecule is CSc1ccc(C2=C(c3ccc(C#N)cc3)CCC2)cc1. The van der Waals surface area contributed by atoms with Gasteiger partial charge in [-0.3, -0.25) is 0 Å². The Balaban J connectivity index is 1.99. The molecule has 104 valence electrons. The quantitative estimate of drug-likeness (QED) is 0.709. The van der Waals surface area contributed by atoms with Crippen molar-refractivity contribution in [2.24, 2.45) is 0 Å². The van der Waals surface area contributed by atoms with Gasteiger partial charge in [0.1, 0.15) is 0 Å². The van der Waals surface area contributed by atoms with Crippen molar-refractivity contribution in [3.8, 4) is 6.07 Å². The normalized spacial score (nSPS) is 14.3. The lowest BCUT2D eigenvalue weighted by Gasteiger charge is -2.09. The molecule has 2 aromatic carbocycles. The summed E-state index contributed by atoms with van der Waals surface area (Å²) in [6.07, 6.45) is 5.60. The number of nitriles is 1. The minimum Gasteiger partial charge on any atom is -0.192 e. The number of thioether (sulfide) groups is 1. The van der Waals surface area contributed by atoms with Crippen molar-refractivity contribution in [2.75, 3.05) is 6.26 Å². The molecular weight excluding hydrogens is 274 g/mol. The van der Waals surface area contributed by atoms with E-state index >= 15 is 0 Å². The van der Waals surface area contributed by atoms with Gasteiger partial charge >= 0.3 is 0 Å². The van der Waals surface area contributed by atoms with Crippen LogP contribution in [0.2, 0.25) is 0 Å². The Bertz CT molecular complexity index is 703. The molecule has 1 aliphatic rings. The summed E-state index contributed by atoms with van der Waals surface area (Å²) in [4.78, 5) is 1.30. The van der Waals surface area contributed by atoms with E-state index in [0.717, 1.165) is 18.4 Å². The van der Waals surface area contributed by atoms with Crippen molar-refractivity contribution in [1.82, 2.24) is 0 Å². The monoisotopic (exact) mass is 291 g/mol. The highest BCUT2D eigenvalue weighted by Gasteiger charge is 2.17. The summed E-state index contributed by atoms with van der Waals surface area (Å²) in [5.74, 6) is 0. The molecule has 1 nitrogen and oxygen atoms in total. The molecule has 0 fully saturated rings. The van der Waals surface area contributed by atoms with Crippen LogP contribution in [0.5, 0.6) is 0 Å². The molecule has 0 N–H and O–H groups in total. The molecule has 0 atom stereocenters. The van der Waals surface area contributed by atoms with Gasteiger partial charge in [-0.2, -0.15) is 5.26 Å². The lowest BCUT2D eigenvalue weighted by atomic mass is 9.96. The highest BCUT2D eigenvalue weighted by Crippen LogP contribution is 2.40. The van der Waals surface area contributed by atoms with Gasteiger partial charge < -0.3 is 0 Å². The Morgan fingerprint density at radius 1 is 0.857 bits per heavy atom. The summed E-state index contributed by atoms with van der Waals surface area (Å²) in [7, 11) is 0. The highest BCUT2D eigenvalue weighted by atomic mass is 32.2. The number of benzene rings is 2. The number of allylic oxidation sites excluding steroid dienone is 2. The topological polar surface area (TPSA) is 23.8 Å². The maximum absolute atomic E-state index is 8.91. The standard InChI is InChI=1S/C19H17NS/c1-21-17-11-9-16(10-12-17)19-4-2-3-18(19)15-7-5-14(13-20)6-8-15/h5-12H,2-4H2,1H3. The third-order valence-electron chi connectivity index (χ3n) is 4.02. The predicted octanol–water partition coefficient (Wildman–Crippen LogP) is 5.37. The molecule has 2 aromatic rings. The van der Waals surface area contributed by atoms with Gasteiger partial charge in [-0.25, -0.2) is 0 Å². The van der Waals surface area contributed by atoms with Crippen LogP contribution in [0.4, 0.5) is 0 Å². The first kappa shape index (κ1) is 14.0. The van der Waals surface area contributed by atoms with Gasteiger partial charge in [-0.15, -0.1) is 11.8 Å². The van der Waals surface area contributed by atoms with E-state index in [-0.39, 0.29) is 0 Å². The van der Waals surface area contributed by atoms with E-state index in [1.807, 2.05) is 12.1 Å². The predicted molar refractivity (Wildman–Crippen MR) is 90.0 cm³/mol. The zero-order valence-corrected chi connectivity index (χ0v) is 12.9. The van der Waals surface area contributed by atoms with E-state index in [2.05, 4.69) is 48.7 Å². The van der Waals surface area contributed by atoms with Crippen molar-refractivity contribution in [3.05, 3.63) is 65.2 Å². The van der Waals surface area contributed by atoms with Gasteiger partial charge in [0.15, 0.2) is 0 Å². The van der Waals surface area contributed by atoms with E-state index in [1.165, 1.54) is 33.6 Å². The van der Waals surface area contributed by atoms with Crippen molar-refractivity contribution in [1.29, 1.82) is 5.26 Å². The molecule has 0 amide bonds. The molecule has 2 heteroatoms. The molecule has 0 heterocycles. The molecule has 1 aliphatic carbocycles. The van der Waals surface area contributed by atoms with Crippen LogP contribution in [-0.4, -0.2) is 6.26 Å². The zero-order chi connectivity index (χ0) is 14.7. The number of nitrogens with zero attached hydrogens (tertiary/aromatic N) is 1. The lowest BCUT2D eigenvalue weighted by molar-refractivity contribution is 0.941. The first-order chi connectivity index (χ1) is 10.3. The number of hydrogen-bond acceptors (Lipinski definition) is 2. The molecular formula is C19H17NS. The molecule has 0 aliphatic heterocycles. The molecule has 0 spiro atoms. The van der Waals surface area contributed by atoms with Crippen LogP contribution in [0, 0.1) is 11.3 Å².